The number of anilines is 1. The van der Waals surface area contributed by atoms with Gasteiger partial charge in [-0.2, -0.15) is 0 Å². The molecule has 3 aromatic rings. The zero-order valence-electron chi connectivity index (χ0n) is 26.4. The number of aromatic hydroxyl groups is 1. The zero-order chi connectivity index (χ0) is 31.7. The number of unbranched alkanes of at least 4 members (excludes halogenated alkanes) is 1. The van der Waals surface area contributed by atoms with Gasteiger partial charge in [-0.05, 0) is 82.3 Å². The number of hydrogen-bond donors (Lipinski definition) is 3. The second kappa shape index (κ2) is 14.7. The third-order valence-corrected chi connectivity index (χ3v) is 7.08. The number of alkyl carbamates (subject to hydrolysis) is 1. The minimum Gasteiger partial charge on any atom is -0.508 e. The van der Waals surface area contributed by atoms with E-state index in [9.17, 15) is 19.5 Å². The van der Waals surface area contributed by atoms with Gasteiger partial charge in [0.05, 0.1) is 0 Å². The number of aryl methyl sites for hydroxylation is 3. The number of carbonyl (C=O) groups excluding carboxylic acids is 3. The zero-order valence-corrected chi connectivity index (χ0v) is 26.4. The van der Waals surface area contributed by atoms with E-state index in [1.807, 2.05) is 70.2 Å². The van der Waals surface area contributed by atoms with E-state index in [1.54, 1.807) is 37.8 Å². The van der Waals surface area contributed by atoms with Gasteiger partial charge in [-0.25, -0.2) is 4.79 Å². The Labute approximate surface area is 255 Å². The lowest BCUT2D eigenvalue weighted by Crippen LogP contribution is -2.53. The lowest BCUT2D eigenvalue weighted by Gasteiger charge is -2.35. The summed E-state index contributed by atoms with van der Waals surface area (Å²) < 4.78 is 5.51. The second-order valence-electron chi connectivity index (χ2n) is 12.0. The predicted octanol–water partition coefficient (Wildman–Crippen LogP) is 6.76. The minimum atomic E-state index is -1.03. The molecule has 0 saturated heterocycles. The third-order valence-electron chi connectivity index (χ3n) is 7.08. The summed E-state index contributed by atoms with van der Waals surface area (Å²) in [5.74, 6) is -0.653. The normalized spacial score (nSPS) is 12.6. The van der Waals surface area contributed by atoms with Gasteiger partial charge in [0.25, 0.3) is 5.91 Å². The van der Waals surface area contributed by atoms with Crippen LogP contribution < -0.4 is 10.6 Å². The van der Waals surface area contributed by atoms with E-state index < -0.39 is 29.7 Å². The molecule has 3 N–H and O–H groups in total. The first-order valence-corrected chi connectivity index (χ1v) is 14.8. The van der Waals surface area contributed by atoms with Crippen molar-refractivity contribution in [2.45, 2.75) is 85.4 Å². The fourth-order valence-corrected chi connectivity index (χ4v) is 4.84. The summed E-state index contributed by atoms with van der Waals surface area (Å²) in [5.41, 5.74) is 4.20. The Morgan fingerprint density at radius 1 is 0.907 bits per heavy atom. The highest BCUT2D eigenvalue weighted by atomic mass is 16.6. The molecular weight excluding hydrogens is 542 g/mol. The van der Waals surface area contributed by atoms with Crippen molar-refractivity contribution in [2.24, 2.45) is 0 Å². The first-order chi connectivity index (χ1) is 20.3. The smallest absolute Gasteiger partial charge is 0.408 e. The average molecular weight is 588 g/mol. The van der Waals surface area contributed by atoms with Gasteiger partial charge in [0, 0.05) is 18.7 Å². The maximum Gasteiger partial charge on any atom is 0.408 e. The van der Waals surface area contributed by atoms with Gasteiger partial charge in [0.2, 0.25) is 5.91 Å². The Hall–Kier alpha value is -4.33. The molecule has 0 heterocycles. The molecule has 2 unspecified atom stereocenters. The number of phenols is 1. The number of rotatable bonds is 11. The van der Waals surface area contributed by atoms with E-state index in [0.29, 0.717) is 24.2 Å². The van der Waals surface area contributed by atoms with Crippen molar-refractivity contribution in [3.05, 3.63) is 94.5 Å². The monoisotopic (exact) mass is 587 g/mol. The van der Waals surface area contributed by atoms with Crippen molar-refractivity contribution in [1.29, 1.82) is 0 Å². The van der Waals surface area contributed by atoms with Gasteiger partial charge >= 0.3 is 6.09 Å². The van der Waals surface area contributed by atoms with E-state index in [4.69, 9.17) is 4.74 Å². The number of nitrogens with one attached hydrogen (secondary N) is 2. The van der Waals surface area contributed by atoms with E-state index in [1.165, 1.54) is 12.1 Å². The lowest BCUT2D eigenvalue weighted by molar-refractivity contribution is -0.140. The van der Waals surface area contributed by atoms with E-state index >= 15 is 0 Å². The quantitative estimate of drug-likeness (QED) is 0.230. The predicted molar refractivity (Wildman–Crippen MR) is 170 cm³/mol. The van der Waals surface area contributed by atoms with Gasteiger partial charge in [-0.1, -0.05) is 73.5 Å². The van der Waals surface area contributed by atoms with Gasteiger partial charge in [0.1, 0.15) is 23.4 Å². The Kier molecular flexibility index (Phi) is 11.4. The van der Waals surface area contributed by atoms with Gasteiger partial charge < -0.3 is 25.4 Å². The van der Waals surface area contributed by atoms with Crippen LogP contribution in [-0.4, -0.2) is 46.1 Å². The van der Waals surface area contributed by atoms with E-state index in [-0.39, 0.29) is 18.1 Å². The summed E-state index contributed by atoms with van der Waals surface area (Å²) in [6.45, 7) is 13.4. The Morgan fingerprint density at radius 3 is 2.07 bits per heavy atom. The van der Waals surface area contributed by atoms with Crippen molar-refractivity contribution >= 4 is 23.6 Å². The highest BCUT2D eigenvalue weighted by Crippen LogP contribution is 2.28. The number of benzene rings is 3. The molecule has 2 atom stereocenters. The van der Waals surface area contributed by atoms with Crippen LogP contribution in [0.25, 0.3) is 0 Å². The standard InChI is InChI=1S/C35H45N3O5/c1-8-9-21-38(33(41)29(36-34(42)43-35(5,6)7)22-26-15-19-28(39)20-16-26)31(27-17-13-23(2)14-18-27)32(40)37-30-24(3)11-10-12-25(30)4/h10-20,29,31,39H,8-9,21-22H2,1-7H3,(H,36,42)(H,37,40). The molecule has 230 valence electrons. The van der Waals surface area contributed by atoms with Crippen LogP contribution in [-0.2, 0) is 20.7 Å². The highest BCUT2D eigenvalue weighted by molar-refractivity contribution is 6.00. The van der Waals surface area contributed by atoms with Crippen LogP contribution >= 0.6 is 0 Å². The molecule has 0 bridgehead atoms. The van der Waals surface area contributed by atoms with Gasteiger partial charge in [-0.3, -0.25) is 9.59 Å². The van der Waals surface area contributed by atoms with Crippen molar-refractivity contribution in [2.75, 3.05) is 11.9 Å². The second-order valence-corrected chi connectivity index (χ2v) is 12.0. The van der Waals surface area contributed by atoms with Crippen LogP contribution in [0.4, 0.5) is 10.5 Å². The number of carbonyl (C=O) groups is 3. The van der Waals surface area contributed by atoms with E-state index in [2.05, 4.69) is 10.6 Å². The van der Waals surface area contributed by atoms with Crippen LogP contribution in [0.15, 0.2) is 66.7 Å². The number of nitrogens with zero attached hydrogens (tertiary/aromatic N) is 1. The Balaban J connectivity index is 2.08. The molecule has 0 fully saturated rings. The number of para-hydroxylation sites is 1. The van der Waals surface area contributed by atoms with Crippen LogP contribution in [0.2, 0.25) is 0 Å². The molecule has 0 aliphatic rings. The molecule has 0 radical (unpaired) electrons. The summed E-state index contributed by atoms with van der Waals surface area (Å²) >= 11 is 0. The molecule has 0 aromatic heterocycles. The summed E-state index contributed by atoms with van der Waals surface area (Å²) in [6.07, 6.45) is 0.862. The van der Waals surface area contributed by atoms with Crippen molar-refractivity contribution in [1.82, 2.24) is 10.2 Å². The van der Waals surface area contributed by atoms with E-state index in [0.717, 1.165) is 28.7 Å². The SMILES string of the molecule is CCCCN(C(=O)C(Cc1ccc(O)cc1)NC(=O)OC(C)(C)C)C(C(=O)Nc1c(C)cccc1C)c1ccc(C)cc1. The fourth-order valence-electron chi connectivity index (χ4n) is 4.84. The molecule has 43 heavy (non-hydrogen) atoms. The average Bonchev–Trinajstić information content (AvgIpc) is 2.93. The summed E-state index contributed by atoms with van der Waals surface area (Å²) in [5, 5.41) is 15.7. The molecule has 8 heteroatoms. The molecule has 0 aliphatic carbocycles. The third kappa shape index (κ3) is 9.60. The first kappa shape index (κ1) is 33.2. The maximum atomic E-state index is 14.5. The summed E-state index contributed by atoms with van der Waals surface area (Å²) in [6, 6.07) is 17.9. The molecule has 3 rings (SSSR count). The van der Waals surface area contributed by atoms with Crippen LogP contribution in [0, 0.1) is 20.8 Å². The molecular formula is C35H45N3O5. The van der Waals surface area contributed by atoms with Crippen molar-refractivity contribution in [3.8, 4) is 5.75 Å². The number of ether oxygens (including phenoxy) is 1. The molecule has 8 nitrogen and oxygen atoms in total. The van der Waals surface area contributed by atoms with Crippen molar-refractivity contribution < 1.29 is 24.2 Å². The Morgan fingerprint density at radius 2 is 1.51 bits per heavy atom. The van der Waals surface area contributed by atoms with Crippen LogP contribution in [0.1, 0.15) is 74.4 Å². The molecule has 0 saturated carbocycles. The summed E-state index contributed by atoms with van der Waals surface area (Å²) in [7, 11) is 0. The molecule has 3 amide bonds. The maximum absolute atomic E-state index is 14.5. The Bertz CT molecular complexity index is 1370. The lowest BCUT2D eigenvalue weighted by atomic mass is 9.98. The topological polar surface area (TPSA) is 108 Å². The summed E-state index contributed by atoms with van der Waals surface area (Å²) in [4.78, 5) is 43.2. The molecule has 3 aromatic carbocycles. The minimum absolute atomic E-state index is 0.0962. The van der Waals surface area contributed by atoms with Gasteiger partial charge in [0.15, 0.2) is 0 Å². The number of amides is 3. The van der Waals surface area contributed by atoms with Gasteiger partial charge in [-0.15, -0.1) is 0 Å². The van der Waals surface area contributed by atoms with Crippen LogP contribution in [0.3, 0.4) is 0 Å². The molecule has 0 aliphatic heterocycles. The highest BCUT2D eigenvalue weighted by Gasteiger charge is 2.36. The number of phenolic OH excluding ortho intramolecular Hbond substituents is 1. The van der Waals surface area contributed by atoms with Crippen molar-refractivity contribution in [3.63, 3.8) is 0 Å². The van der Waals surface area contributed by atoms with Crippen LogP contribution in [0.5, 0.6) is 5.75 Å². The fraction of sp³-hybridized carbons (Fsp3) is 0.400. The molecule has 0 spiro atoms. The number of hydrogen-bond acceptors (Lipinski definition) is 5. The largest absolute Gasteiger partial charge is 0.508 e. The first-order valence-electron chi connectivity index (χ1n) is 14.8.